The van der Waals surface area contributed by atoms with Crippen LogP contribution in [0.2, 0.25) is 0 Å². The second kappa shape index (κ2) is 12.0. The summed E-state index contributed by atoms with van der Waals surface area (Å²) in [7, 11) is 0. The molecule has 2 fully saturated rings. The number of H-pyrrole nitrogens is 2. The number of rotatable bonds is 9. The molecule has 10 nitrogen and oxygen atoms in total. The highest BCUT2D eigenvalue weighted by Crippen LogP contribution is 2.34. The Balaban J connectivity index is 1.09. The molecule has 5 heterocycles. The lowest BCUT2D eigenvalue weighted by Crippen LogP contribution is -2.28. The normalized spacial score (nSPS) is 15.4. The van der Waals surface area contributed by atoms with Gasteiger partial charge < -0.3 is 15.0 Å². The van der Waals surface area contributed by atoms with Crippen molar-refractivity contribution in [2.45, 2.75) is 32.1 Å². The molecule has 1 aliphatic carbocycles. The highest BCUT2D eigenvalue weighted by molar-refractivity contribution is 5.97. The Bertz CT molecular complexity index is 2060. The second-order valence-electron chi connectivity index (χ2n) is 12.1. The number of nitrogens with one attached hydrogen (secondary N) is 3. The molecule has 3 N–H and O–H groups in total. The van der Waals surface area contributed by atoms with E-state index in [4.69, 9.17) is 14.7 Å². The van der Waals surface area contributed by atoms with Crippen LogP contribution in [0.4, 0.5) is 10.1 Å². The maximum atomic E-state index is 14.8. The molecule has 46 heavy (non-hydrogen) atoms. The fourth-order valence-electron chi connectivity index (χ4n) is 6.27. The van der Waals surface area contributed by atoms with Gasteiger partial charge in [0.1, 0.15) is 23.7 Å². The second-order valence-corrected chi connectivity index (χ2v) is 12.1. The third-order valence-corrected chi connectivity index (χ3v) is 8.98. The summed E-state index contributed by atoms with van der Waals surface area (Å²) in [6, 6.07) is 16.3. The van der Waals surface area contributed by atoms with Crippen molar-refractivity contribution < 1.29 is 13.9 Å². The minimum atomic E-state index is -0.363. The summed E-state index contributed by atoms with van der Waals surface area (Å²) in [5.74, 6) is 0.790. The van der Waals surface area contributed by atoms with Crippen LogP contribution in [-0.4, -0.2) is 67.2 Å². The van der Waals surface area contributed by atoms with Crippen molar-refractivity contribution in [3.05, 3.63) is 72.8 Å². The number of carbonyl (C=O) groups is 1. The first-order valence-electron chi connectivity index (χ1n) is 15.8. The number of halogens is 1. The van der Waals surface area contributed by atoms with E-state index in [0.29, 0.717) is 51.9 Å². The van der Waals surface area contributed by atoms with Gasteiger partial charge in [-0.1, -0.05) is 18.6 Å². The van der Waals surface area contributed by atoms with Crippen LogP contribution in [0.1, 0.15) is 32.1 Å². The lowest BCUT2D eigenvalue weighted by molar-refractivity contribution is -0.122. The number of nitrogens with zero attached hydrogens (tertiary/aromatic N) is 5. The average molecular weight is 617 g/mol. The van der Waals surface area contributed by atoms with Crippen LogP contribution in [0.3, 0.4) is 0 Å². The molecule has 0 atom stereocenters. The molecule has 2 aliphatic rings. The number of fused-ring (bicyclic) bond motifs is 2. The lowest BCUT2D eigenvalue weighted by atomic mass is 9.85. The van der Waals surface area contributed by atoms with Crippen molar-refractivity contribution >= 4 is 33.7 Å². The zero-order valence-electron chi connectivity index (χ0n) is 25.2. The molecular weight excluding hydrogens is 583 g/mol. The molecular formula is C35H33FN8O2. The SMILES string of the molecule is O=C(Nc1cncc(-c2ccc3[nH]nc(-c4nc5c(-c6cc(F)cc(OCCN7CCCC7)c6)cccc5[nH]4)c3n2)c1)C1CCC1. The zero-order chi connectivity index (χ0) is 31.0. The maximum absolute atomic E-state index is 14.8. The van der Waals surface area contributed by atoms with Gasteiger partial charge in [-0.2, -0.15) is 5.10 Å². The predicted octanol–water partition coefficient (Wildman–Crippen LogP) is 6.58. The summed E-state index contributed by atoms with van der Waals surface area (Å²) in [5, 5.41) is 10.6. The van der Waals surface area contributed by atoms with E-state index in [0.717, 1.165) is 61.1 Å². The molecule has 2 aromatic carbocycles. The fraction of sp³-hybridized carbons (Fsp3) is 0.286. The molecule has 1 amide bonds. The molecule has 6 aromatic rings. The number of pyridine rings is 2. The third-order valence-electron chi connectivity index (χ3n) is 8.98. The number of aromatic amines is 2. The molecule has 11 heteroatoms. The van der Waals surface area contributed by atoms with Crippen LogP contribution >= 0.6 is 0 Å². The van der Waals surface area contributed by atoms with E-state index in [9.17, 15) is 9.18 Å². The van der Waals surface area contributed by atoms with E-state index in [2.05, 4.69) is 30.4 Å². The Morgan fingerprint density at radius 1 is 0.957 bits per heavy atom. The summed E-state index contributed by atoms with van der Waals surface area (Å²) in [5.41, 5.74) is 7.01. The number of likely N-dealkylation sites (tertiary alicyclic amines) is 1. The molecule has 0 bridgehead atoms. The number of benzene rings is 2. The molecule has 0 spiro atoms. The van der Waals surface area contributed by atoms with Crippen LogP contribution < -0.4 is 10.1 Å². The van der Waals surface area contributed by atoms with Crippen LogP contribution in [0, 0.1) is 11.7 Å². The highest BCUT2D eigenvalue weighted by atomic mass is 19.1. The molecule has 4 aromatic heterocycles. The maximum Gasteiger partial charge on any atom is 0.227 e. The van der Waals surface area contributed by atoms with Gasteiger partial charge in [0.25, 0.3) is 0 Å². The van der Waals surface area contributed by atoms with Gasteiger partial charge in [0, 0.05) is 35.9 Å². The molecule has 0 unspecified atom stereocenters. The standard InChI is InChI=1S/C35H33FN8O2/c36-24-15-22(17-26(18-24)46-14-13-44-11-1-2-12-44)27-7-4-8-29-31(27)41-34(40-29)33-32-30(42-43-33)10-9-28(39-32)23-16-25(20-37-19-23)38-35(45)21-5-3-6-21/h4,7-10,15-21H,1-3,5-6,11-14H2,(H,38,45)(H,40,41)(H,42,43). The Kier molecular flexibility index (Phi) is 7.37. The van der Waals surface area contributed by atoms with Crippen molar-refractivity contribution in [3.8, 4) is 39.7 Å². The van der Waals surface area contributed by atoms with E-state index in [1.54, 1.807) is 12.4 Å². The number of hydrogen-bond donors (Lipinski definition) is 3. The summed E-state index contributed by atoms with van der Waals surface area (Å²) in [4.78, 5) is 32.4. The third kappa shape index (κ3) is 5.58. The van der Waals surface area contributed by atoms with Crippen LogP contribution in [0.25, 0.3) is 56.0 Å². The van der Waals surface area contributed by atoms with Gasteiger partial charge in [-0.25, -0.2) is 14.4 Å². The van der Waals surface area contributed by atoms with Gasteiger partial charge in [-0.3, -0.25) is 19.8 Å². The van der Waals surface area contributed by atoms with Gasteiger partial charge in [0.05, 0.1) is 34.1 Å². The molecule has 1 aliphatic heterocycles. The number of para-hydroxylation sites is 1. The predicted molar refractivity (Wildman–Crippen MR) is 175 cm³/mol. The van der Waals surface area contributed by atoms with Gasteiger partial charge in [0.2, 0.25) is 5.91 Å². The summed E-state index contributed by atoms with van der Waals surface area (Å²) >= 11 is 0. The Morgan fingerprint density at radius 2 is 1.85 bits per heavy atom. The molecule has 1 saturated heterocycles. The number of amides is 1. The number of imidazole rings is 1. The molecule has 8 rings (SSSR count). The molecule has 232 valence electrons. The number of aromatic nitrogens is 6. The number of hydrogen-bond acceptors (Lipinski definition) is 7. The first-order valence-corrected chi connectivity index (χ1v) is 15.8. The van der Waals surface area contributed by atoms with Crippen molar-refractivity contribution in [2.24, 2.45) is 5.92 Å². The number of ether oxygens (including phenoxy) is 1. The minimum Gasteiger partial charge on any atom is -0.492 e. The van der Waals surface area contributed by atoms with Gasteiger partial charge in [-0.05, 0) is 80.7 Å². The monoisotopic (exact) mass is 616 g/mol. The Hall–Kier alpha value is -5.16. The molecule has 1 saturated carbocycles. The first-order chi connectivity index (χ1) is 22.6. The van der Waals surface area contributed by atoms with E-state index < -0.39 is 0 Å². The lowest BCUT2D eigenvalue weighted by Gasteiger charge is -2.24. The minimum absolute atomic E-state index is 0.0366. The average Bonchev–Trinajstić information content (AvgIpc) is 3.79. The van der Waals surface area contributed by atoms with Crippen molar-refractivity contribution in [1.29, 1.82) is 0 Å². The van der Waals surface area contributed by atoms with Crippen molar-refractivity contribution in [2.75, 3.05) is 31.6 Å². The summed E-state index contributed by atoms with van der Waals surface area (Å²) in [6.07, 6.45) is 8.77. The van der Waals surface area contributed by atoms with E-state index in [-0.39, 0.29) is 17.6 Å². The topological polar surface area (TPSA) is 125 Å². The largest absolute Gasteiger partial charge is 0.492 e. The number of anilines is 1. The fourth-order valence-corrected chi connectivity index (χ4v) is 6.27. The van der Waals surface area contributed by atoms with Gasteiger partial charge >= 0.3 is 0 Å². The number of carbonyl (C=O) groups excluding carboxylic acids is 1. The first kappa shape index (κ1) is 28.3. The highest BCUT2D eigenvalue weighted by Gasteiger charge is 2.25. The van der Waals surface area contributed by atoms with Crippen molar-refractivity contribution in [3.63, 3.8) is 0 Å². The molecule has 0 radical (unpaired) electrons. The zero-order valence-corrected chi connectivity index (χ0v) is 25.2. The van der Waals surface area contributed by atoms with Gasteiger partial charge in [-0.15, -0.1) is 0 Å². The summed E-state index contributed by atoms with van der Waals surface area (Å²) in [6.45, 7) is 3.52. The quantitative estimate of drug-likeness (QED) is 0.168. The van der Waals surface area contributed by atoms with Crippen molar-refractivity contribution in [1.82, 2.24) is 35.0 Å². The van der Waals surface area contributed by atoms with Crippen LogP contribution in [0.15, 0.2) is 67.0 Å². The van der Waals surface area contributed by atoms with E-state index >= 15 is 0 Å². The van der Waals surface area contributed by atoms with Crippen LogP contribution in [0.5, 0.6) is 5.75 Å². The van der Waals surface area contributed by atoms with E-state index in [1.165, 1.54) is 25.0 Å². The van der Waals surface area contributed by atoms with Crippen LogP contribution in [-0.2, 0) is 4.79 Å². The van der Waals surface area contributed by atoms with E-state index in [1.807, 2.05) is 42.5 Å². The van der Waals surface area contributed by atoms with Gasteiger partial charge in [0.15, 0.2) is 11.5 Å². The Morgan fingerprint density at radius 3 is 2.70 bits per heavy atom. The Labute approximate surface area is 264 Å². The smallest absolute Gasteiger partial charge is 0.227 e. The summed E-state index contributed by atoms with van der Waals surface area (Å²) < 4.78 is 20.8.